The minimum absolute atomic E-state index is 0.436. The minimum Gasteiger partial charge on any atom is -0.350 e. The summed E-state index contributed by atoms with van der Waals surface area (Å²) in [6.45, 7) is 8.61. The van der Waals surface area contributed by atoms with Gasteiger partial charge in [-0.25, -0.2) is 0 Å². The summed E-state index contributed by atoms with van der Waals surface area (Å²) in [7, 11) is 0. The lowest BCUT2D eigenvalue weighted by Crippen LogP contribution is -2.25. The molecule has 0 aliphatic carbocycles. The zero-order valence-electron chi connectivity index (χ0n) is 12.4. The topological polar surface area (TPSA) is 17.0 Å². The maximum Gasteiger partial charge on any atom is 0.0470 e. The van der Waals surface area contributed by atoms with Crippen molar-refractivity contribution < 1.29 is 0 Å². The molecule has 2 rings (SSSR count). The highest BCUT2D eigenvalue weighted by molar-refractivity contribution is 9.10. The minimum atomic E-state index is 0.436. The van der Waals surface area contributed by atoms with E-state index in [1.54, 1.807) is 0 Å². The van der Waals surface area contributed by atoms with Crippen LogP contribution in [0.5, 0.6) is 0 Å². The van der Waals surface area contributed by atoms with Crippen LogP contribution < -0.4 is 5.32 Å². The van der Waals surface area contributed by atoms with Gasteiger partial charge in [0.2, 0.25) is 0 Å². The van der Waals surface area contributed by atoms with E-state index in [0.717, 1.165) is 17.6 Å². The summed E-state index contributed by atoms with van der Waals surface area (Å²) in [5.41, 5.74) is 2.69. The zero-order chi connectivity index (χ0) is 14.5. The molecule has 108 valence electrons. The van der Waals surface area contributed by atoms with Gasteiger partial charge < -0.3 is 9.88 Å². The molecule has 20 heavy (non-hydrogen) atoms. The first-order valence-corrected chi connectivity index (χ1v) is 8.03. The third kappa shape index (κ3) is 3.97. The predicted molar refractivity (Wildman–Crippen MR) is 88.9 cm³/mol. The second-order valence-corrected chi connectivity index (χ2v) is 6.44. The molecule has 0 aliphatic rings. The Morgan fingerprint density at radius 3 is 2.45 bits per heavy atom. The molecule has 0 amide bonds. The molecule has 0 radical (unpaired) electrons. The van der Waals surface area contributed by atoms with Gasteiger partial charge in [0.1, 0.15) is 0 Å². The van der Waals surface area contributed by atoms with E-state index < -0.39 is 0 Å². The molecule has 1 atom stereocenters. The average Bonchev–Trinajstić information content (AvgIpc) is 2.86. The van der Waals surface area contributed by atoms with Crippen molar-refractivity contribution in [2.24, 2.45) is 5.92 Å². The number of nitrogens with one attached hydrogen (secondary N) is 1. The van der Waals surface area contributed by atoms with E-state index in [0.29, 0.717) is 12.0 Å². The number of halogens is 1. The van der Waals surface area contributed by atoms with E-state index in [1.807, 2.05) is 0 Å². The highest BCUT2D eigenvalue weighted by atomic mass is 79.9. The Balaban J connectivity index is 2.09. The van der Waals surface area contributed by atoms with Crippen molar-refractivity contribution in [1.29, 1.82) is 0 Å². The molecule has 0 saturated heterocycles. The lowest BCUT2D eigenvalue weighted by atomic mass is 9.98. The van der Waals surface area contributed by atoms with Crippen molar-refractivity contribution in [3.8, 4) is 0 Å². The number of nitrogens with zero attached hydrogens (tertiary/aromatic N) is 1. The quantitative estimate of drug-likeness (QED) is 0.816. The maximum absolute atomic E-state index is 3.56. The van der Waals surface area contributed by atoms with Crippen LogP contribution in [0.25, 0.3) is 0 Å². The van der Waals surface area contributed by atoms with Crippen LogP contribution >= 0.6 is 15.9 Å². The van der Waals surface area contributed by atoms with Gasteiger partial charge in [0.15, 0.2) is 0 Å². The molecule has 0 saturated carbocycles. The predicted octanol–water partition coefficient (Wildman–Crippen LogP) is 4.61. The normalized spacial score (nSPS) is 12.8. The first-order valence-electron chi connectivity index (χ1n) is 7.23. The summed E-state index contributed by atoms with van der Waals surface area (Å²) in [6.07, 6.45) is 4.43. The molecular formula is C17H23BrN2. The maximum atomic E-state index is 3.56. The van der Waals surface area contributed by atoms with Crippen molar-refractivity contribution in [2.75, 3.05) is 6.54 Å². The van der Waals surface area contributed by atoms with Crippen LogP contribution in [-0.2, 0) is 6.54 Å². The number of aromatic nitrogens is 1. The largest absolute Gasteiger partial charge is 0.350 e. The Bertz CT molecular complexity index is 528. The summed E-state index contributed by atoms with van der Waals surface area (Å²) in [6, 6.07) is 11.2. The summed E-state index contributed by atoms with van der Waals surface area (Å²) < 4.78 is 3.38. The third-order valence-corrected chi connectivity index (χ3v) is 4.03. The Morgan fingerprint density at radius 1 is 1.15 bits per heavy atom. The molecule has 2 aromatic rings. The van der Waals surface area contributed by atoms with Gasteiger partial charge in [0.25, 0.3) is 0 Å². The van der Waals surface area contributed by atoms with Crippen molar-refractivity contribution >= 4 is 15.9 Å². The second kappa shape index (κ2) is 7.09. The summed E-state index contributed by atoms with van der Waals surface area (Å²) in [5, 5.41) is 3.56. The zero-order valence-corrected chi connectivity index (χ0v) is 14.0. The molecule has 0 aliphatic heterocycles. The van der Waals surface area contributed by atoms with Gasteiger partial charge in [0, 0.05) is 29.5 Å². The molecule has 1 unspecified atom stereocenters. The molecular weight excluding hydrogens is 312 g/mol. The molecule has 2 nitrogen and oxygen atoms in total. The fourth-order valence-electron chi connectivity index (χ4n) is 2.50. The fraction of sp³-hybridized carbons (Fsp3) is 0.412. The Hall–Kier alpha value is -1.06. The molecule has 0 fully saturated rings. The van der Waals surface area contributed by atoms with Crippen LogP contribution in [0.3, 0.4) is 0 Å². The van der Waals surface area contributed by atoms with Crippen molar-refractivity contribution in [2.45, 2.75) is 33.4 Å². The second-order valence-electron chi connectivity index (χ2n) is 5.52. The van der Waals surface area contributed by atoms with E-state index >= 15 is 0 Å². The summed E-state index contributed by atoms with van der Waals surface area (Å²) >= 11 is 3.47. The van der Waals surface area contributed by atoms with Gasteiger partial charge in [-0.1, -0.05) is 48.8 Å². The van der Waals surface area contributed by atoms with Gasteiger partial charge in [0.05, 0.1) is 0 Å². The highest BCUT2D eigenvalue weighted by Gasteiger charge is 2.15. The smallest absolute Gasteiger partial charge is 0.0470 e. The van der Waals surface area contributed by atoms with E-state index in [-0.39, 0.29) is 0 Å². The summed E-state index contributed by atoms with van der Waals surface area (Å²) in [5.74, 6) is 0.596. The lowest BCUT2D eigenvalue weighted by molar-refractivity contribution is 0.421. The van der Waals surface area contributed by atoms with Crippen molar-refractivity contribution in [3.05, 3.63) is 58.3 Å². The molecule has 0 spiro atoms. The van der Waals surface area contributed by atoms with Gasteiger partial charge in [-0.15, -0.1) is 0 Å². The Labute approximate surface area is 130 Å². The molecule has 1 aromatic carbocycles. The van der Waals surface area contributed by atoms with Crippen LogP contribution in [-0.4, -0.2) is 11.1 Å². The van der Waals surface area contributed by atoms with Crippen LogP contribution in [0.4, 0.5) is 0 Å². The highest BCUT2D eigenvalue weighted by Crippen LogP contribution is 2.22. The standard InChI is InChI=1S/C17H23BrN2/c1-4-19-17(13(2)3)15-9-10-20(12-15)11-14-5-7-16(18)8-6-14/h5-10,12-13,17,19H,4,11H2,1-3H3. The fourth-order valence-corrected chi connectivity index (χ4v) is 2.76. The molecule has 1 heterocycles. The monoisotopic (exact) mass is 334 g/mol. The first kappa shape index (κ1) is 15.3. The van der Waals surface area contributed by atoms with Gasteiger partial charge in [-0.2, -0.15) is 0 Å². The van der Waals surface area contributed by atoms with Crippen LogP contribution in [0, 0.1) is 5.92 Å². The Morgan fingerprint density at radius 2 is 1.85 bits per heavy atom. The number of hydrogen-bond donors (Lipinski definition) is 1. The van der Waals surface area contributed by atoms with Crippen LogP contribution in [0.15, 0.2) is 47.2 Å². The number of rotatable bonds is 6. The third-order valence-electron chi connectivity index (χ3n) is 3.50. The SMILES string of the molecule is CCNC(c1ccn(Cc2ccc(Br)cc2)c1)C(C)C. The van der Waals surface area contributed by atoms with Gasteiger partial charge in [-0.3, -0.25) is 0 Å². The average molecular weight is 335 g/mol. The van der Waals surface area contributed by atoms with E-state index in [2.05, 4.69) is 89.3 Å². The van der Waals surface area contributed by atoms with Crippen LogP contribution in [0.1, 0.15) is 37.9 Å². The van der Waals surface area contributed by atoms with E-state index in [1.165, 1.54) is 11.1 Å². The molecule has 3 heteroatoms. The molecule has 1 N–H and O–H groups in total. The number of benzene rings is 1. The summed E-state index contributed by atoms with van der Waals surface area (Å²) in [4.78, 5) is 0. The van der Waals surface area contributed by atoms with Gasteiger partial charge in [-0.05, 0) is 41.8 Å². The van der Waals surface area contributed by atoms with Crippen LogP contribution in [0.2, 0.25) is 0 Å². The van der Waals surface area contributed by atoms with E-state index in [4.69, 9.17) is 0 Å². The first-order chi connectivity index (χ1) is 9.60. The lowest BCUT2D eigenvalue weighted by Gasteiger charge is -2.20. The number of hydrogen-bond acceptors (Lipinski definition) is 1. The molecule has 1 aromatic heterocycles. The van der Waals surface area contributed by atoms with E-state index in [9.17, 15) is 0 Å². The van der Waals surface area contributed by atoms with Crippen molar-refractivity contribution in [3.63, 3.8) is 0 Å². The van der Waals surface area contributed by atoms with Crippen molar-refractivity contribution in [1.82, 2.24) is 9.88 Å². The van der Waals surface area contributed by atoms with Gasteiger partial charge >= 0.3 is 0 Å². The Kier molecular flexibility index (Phi) is 5.44. The molecule has 0 bridgehead atoms.